The number of hydrogen-bond acceptors (Lipinski definition) is 2. The average molecular weight is 229 g/mol. The molecule has 1 aliphatic rings. The van der Waals surface area contributed by atoms with Gasteiger partial charge in [-0.25, -0.2) is 0 Å². The first-order chi connectivity index (χ1) is 7.88. The molecular formula is C12H9BFNS. The SMILES string of the molecule is FBc1cccc2c1Nc1ccccc1S2. The van der Waals surface area contributed by atoms with Crippen LogP contribution in [0.3, 0.4) is 0 Å². The standard InChI is InChI=1S/C12H9BFNS/c14-13-8-4-3-7-11-12(8)15-9-5-1-2-6-10(9)16-11/h1-7,13,15H. The maximum atomic E-state index is 12.8. The molecule has 0 aliphatic carbocycles. The fourth-order valence-electron chi connectivity index (χ4n) is 1.83. The van der Waals surface area contributed by atoms with Gasteiger partial charge in [-0.2, -0.15) is 0 Å². The minimum absolute atomic E-state index is 0.432. The first-order valence-corrected chi connectivity index (χ1v) is 5.92. The zero-order valence-electron chi connectivity index (χ0n) is 8.53. The minimum atomic E-state index is -0.432. The number of benzene rings is 2. The van der Waals surface area contributed by atoms with E-state index in [0.29, 0.717) is 0 Å². The molecule has 1 heterocycles. The van der Waals surface area contributed by atoms with Crippen molar-refractivity contribution in [3.05, 3.63) is 42.5 Å². The summed E-state index contributed by atoms with van der Waals surface area (Å²) in [4.78, 5) is 2.28. The third kappa shape index (κ3) is 1.50. The van der Waals surface area contributed by atoms with Gasteiger partial charge >= 0.3 is 7.56 Å². The molecule has 78 valence electrons. The zero-order valence-corrected chi connectivity index (χ0v) is 9.35. The summed E-state index contributed by atoms with van der Waals surface area (Å²) in [6, 6.07) is 13.8. The van der Waals surface area contributed by atoms with Gasteiger partial charge in [0, 0.05) is 15.5 Å². The molecule has 0 fully saturated rings. The van der Waals surface area contributed by atoms with Crippen molar-refractivity contribution in [2.24, 2.45) is 0 Å². The summed E-state index contributed by atoms with van der Waals surface area (Å²) < 4.78 is 12.8. The summed E-state index contributed by atoms with van der Waals surface area (Å²) in [6.07, 6.45) is 0. The Balaban J connectivity index is 2.12. The van der Waals surface area contributed by atoms with Crippen LogP contribution < -0.4 is 10.8 Å². The van der Waals surface area contributed by atoms with E-state index < -0.39 is 7.56 Å². The molecule has 0 bridgehead atoms. The summed E-state index contributed by atoms with van der Waals surface area (Å²) in [7, 11) is -0.432. The Bertz CT molecular complexity index is 544. The molecule has 0 amide bonds. The van der Waals surface area contributed by atoms with E-state index >= 15 is 0 Å². The largest absolute Gasteiger partial charge is 0.366 e. The van der Waals surface area contributed by atoms with Crippen LogP contribution in [0.1, 0.15) is 0 Å². The molecule has 16 heavy (non-hydrogen) atoms. The van der Waals surface area contributed by atoms with Gasteiger partial charge in [0.2, 0.25) is 0 Å². The van der Waals surface area contributed by atoms with Gasteiger partial charge in [-0.1, -0.05) is 36.0 Å². The Morgan fingerprint density at radius 2 is 1.81 bits per heavy atom. The van der Waals surface area contributed by atoms with Crippen molar-refractivity contribution < 1.29 is 4.32 Å². The molecule has 1 N–H and O–H groups in total. The first kappa shape index (κ1) is 9.79. The van der Waals surface area contributed by atoms with Crippen molar-refractivity contribution in [3.8, 4) is 0 Å². The van der Waals surface area contributed by atoms with Gasteiger partial charge in [0.1, 0.15) is 0 Å². The lowest BCUT2D eigenvalue weighted by molar-refractivity contribution is 0.884. The summed E-state index contributed by atoms with van der Waals surface area (Å²) in [6.45, 7) is 0. The number of para-hydroxylation sites is 2. The van der Waals surface area contributed by atoms with Crippen LogP contribution in [-0.2, 0) is 0 Å². The Hall–Kier alpha value is -1.42. The van der Waals surface area contributed by atoms with E-state index in [1.807, 2.05) is 36.4 Å². The Morgan fingerprint density at radius 1 is 1.00 bits per heavy atom. The van der Waals surface area contributed by atoms with E-state index in [-0.39, 0.29) is 0 Å². The van der Waals surface area contributed by atoms with E-state index in [4.69, 9.17) is 0 Å². The van der Waals surface area contributed by atoms with Crippen LogP contribution in [0.2, 0.25) is 0 Å². The third-order valence-corrected chi connectivity index (χ3v) is 3.76. The van der Waals surface area contributed by atoms with Gasteiger partial charge in [0.05, 0.1) is 5.69 Å². The van der Waals surface area contributed by atoms with Gasteiger partial charge < -0.3 is 9.63 Å². The number of anilines is 2. The van der Waals surface area contributed by atoms with E-state index in [2.05, 4.69) is 11.4 Å². The second kappa shape index (κ2) is 3.87. The molecule has 0 radical (unpaired) electrons. The molecule has 3 rings (SSSR count). The Labute approximate surface area is 98.4 Å². The van der Waals surface area contributed by atoms with Crippen molar-refractivity contribution in [1.29, 1.82) is 0 Å². The molecule has 0 atom stereocenters. The fraction of sp³-hybridized carbons (Fsp3) is 0. The fourth-order valence-corrected chi connectivity index (χ4v) is 2.87. The molecule has 1 aliphatic heterocycles. The van der Waals surface area contributed by atoms with Gasteiger partial charge in [-0.3, -0.25) is 0 Å². The maximum Gasteiger partial charge on any atom is 0.366 e. The van der Waals surface area contributed by atoms with Crippen LogP contribution in [0.4, 0.5) is 15.7 Å². The molecule has 0 unspecified atom stereocenters. The molecular weight excluding hydrogens is 220 g/mol. The highest BCUT2D eigenvalue weighted by atomic mass is 32.2. The second-order valence-corrected chi connectivity index (χ2v) is 4.73. The molecule has 2 aromatic carbocycles. The van der Waals surface area contributed by atoms with Gasteiger partial charge in [0.25, 0.3) is 0 Å². The predicted octanol–water partition coefficient (Wildman–Crippen LogP) is 2.84. The van der Waals surface area contributed by atoms with Crippen molar-refractivity contribution in [1.82, 2.24) is 0 Å². The first-order valence-electron chi connectivity index (χ1n) is 5.10. The Morgan fingerprint density at radius 3 is 2.69 bits per heavy atom. The smallest absolute Gasteiger partial charge is 0.354 e. The highest BCUT2D eigenvalue weighted by Gasteiger charge is 2.17. The van der Waals surface area contributed by atoms with Crippen LogP contribution in [0, 0.1) is 0 Å². The van der Waals surface area contributed by atoms with Crippen molar-refractivity contribution >= 4 is 36.2 Å². The summed E-state index contributed by atoms with van der Waals surface area (Å²) in [5.41, 5.74) is 2.69. The van der Waals surface area contributed by atoms with E-state index in [1.54, 1.807) is 11.8 Å². The molecule has 1 nitrogen and oxygen atoms in total. The summed E-state index contributed by atoms with van der Waals surface area (Å²) in [5.74, 6) is 0. The van der Waals surface area contributed by atoms with Crippen LogP contribution in [0.5, 0.6) is 0 Å². The van der Waals surface area contributed by atoms with Gasteiger partial charge in [-0.15, -0.1) is 0 Å². The van der Waals surface area contributed by atoms with Crippen LogP contribution in [0.25, 0.3) is 0 Å². The molecule has 0 saturated carbocycles. The number of rotatable bonds is 1. The lowest BCUT2D eigenvalue weighted by Crippen LogP contribution is -2.17. The highest BCUT2D eigenvalue weighted by Crippen LogP contribution is 2.42. The molecule has 0 aromatic heterocycles. The van der Waals surface area contributed by atoms with E-state index in [9.17, 15) is 4.32 Å². The molecule has 0 saturated heterocycles. The minimum Gasteiger partial charge on any atom is -0.354 e. The monoisotopic (exact) mass is 229 g/mol. The van der Waals surface area contributed by atoms with Crippen molar-refractivity contribution in [2.75, 3.05) is 5.32 Å². The number of nitrogens with one attached hydrogen (secondary N) is 1. The predicted molar refractivity (Wildman–Crippen MR) is 68.2 cm³/mol. The number of hydrogen-bond donors (Lipinski definition) is 1. The van der Waals surface area contributed by atoms with E-state index in [1.165, 1.54) is 4.90 Å². The van der Waals surface area contributed by atoms with Crippen LogP contribution in [-0.4, -0.2) is 7.56 Å². The number of fused-ring (bicyclic) bond motifs is 2. The Kier molecular flexibility index (Phi) is 2.37. The quantitative estimate of drug-likeness (QED) is 0.644. The van der Waals surface area contributed by atoms with Crippen molar-refractivity contribution in [3.63, 3.8) is 0 Å². The maximum absolute atomic E-state index is 12.8. The lowest BCUT2D eigenvalue weighted by Gasteiger charge is -2.22. The molecule has 4 heteroatoms. The summed E-state index contributed by atoms with van der Waals surface area (Å²) >= 11 is 1.68. The second-order valence-electron chi connectivity index (χ2n) is 3.65. The van der Waals surface area contributed by atoms with Gasteiger partial charge in [0.15, 0.2) is 0 Å². The van der Waals surface area contributed by atoms with E-state index in [0.717, 1.165) is 21.7 Å². The molecule has 2 aromatic rings. The average Bonchev–Trinajstić information content (AvgIpc) is 2.35. The number of halogens is 1. The highest BCUT2D eigenvalue weighted by molar-refractivity contribution is 7.99. The third-order valence-electron chi connectivity index (χ3n) is 2.62. The van der Waals surface area contributed by atoms with Crippen LogP contribution in [0.15, 0.2) is 52.3 Å². The van der Waals surface area contributed by atoms with Crippen molar-refractivity contribution in [2.45, 2.75) is 9.79 Å². The normalized spacial score (nSPS) is 12.3. The van der Waals surface area contributed by atoms with Gasteiger partial charge in [-0.05, 0) is 23.7 Å². The molecule has 0 spiro atoms. The zero-order chi connectivity index (χ0) is 11.0. The van der Waals surface area contributed by atoms with Crippen LogP contribution >= 0.6 is 11.8 Å². The topological polar surface area (TPSA) is 12.0 Å². The lowest BCUT2D eigenvalue weighted by atomic mass is 9.89. The summed E-state index contributed by atoms with van der Waals surface area (Å²) in [5, 5.41) is 3.30.